The fourth-order valence-corrected chi connectivity index (χ4v) is 4.24. The zero-order valence-corrected chi connectivity index (χ0v) is 14.1. The van der Waals surface area contributed by atoms with Crippen LogP contribution in [0.2, 0.25) is 0 Å². The van der Waals surface area contributed by atoms with Crippen molar-refractivity contribution in [3.63, 3.8) is 0 Å². The number of pyridine rings is 1. The first kappa shape index (κ1) is 16.3. The maximum Gasteiger partial charge on any atom is 0.239 e. The van der Waals surface area contributed by atoms with Crippen LogP contribution in [0, 0.1) is 5.92 Å². The average molecular weight is 334 g/mol. The molecule has 2 atom stereocenters. The number of carbonyl (C=O) groups is 2. The van der Waals surface area contributed by atoms with Crippen LogP contribution in [-0.2, 0) is 9.59 Å². The van der Waals surface area contributed by atoms with Gasteiger partial charge in [-0.05, 0) is 37.6 Å². The maximum absolute atomic E-state index is 12.1. The van der Waals surface area contributed by atoms with Gasteiger partial charge in [-0.15, -0.1) is 11.8 Å². The molecule has 2 aliphatic heterocycles. The summed E-state index contributed by atoms with van der Waals surface area (Å²) in [6.45, 7) is 1.82. The third kappa shape index (κ3) is 3.84. The molecular formula is C16H22N4O2S. The molecule has 2 saturated heterocycles. The molecular weight excluding hydrogens is 312 g/mol. The Morgan fingerprint density at radius 3 is 3.09 bits per heavy atom. The third-order valence-corrected chi connectivity index (χ3v) is 5.47. The number of carbonyl (C=O) groups excluding carboxylic acids is 2. The van der Waals surface area contributed by atoms with Crippen molar-refractivity contribution in [2.45, 2.75) is 12.5 Å². The monoisotopic (exact) mass is 334 g/mol. The van der Waals surface area contributed by atoms with E-state index in [0.717, 1.165) is 13.0 Å². The van der Waals surface area contributed by atoms with Crippen molar-refractivity contribution in [1.29, 1.82) is 0 Å². The second-order valence-electron chi connectivity index (χ2n) is 6.13. The number of hydrogen-bond donors (Lipinski definition) is 1. The summed E-state index contributed by atoms with van der Waals surface area (Å²) in [4.78, 5) is 31.8. The summed E-state index contributed by atoms with van der Waals surface area (Å²) in [6, 6.07) is 4.33. The standard InChI is InChI=1S/C16H22N4O2S/c1-19-6-4-13(16(19)12-3-2-5-17-7-12)8-18-14(21)9-20-11-23-10-15(20)22/h2-3,5,7,13,16H,4,6,8-11H2,1H3,(H,18,21)/t13-,16-/m0/s1. The Morgan fingerprint density at radius 2 is 2.39 bits per heavy atom. The van der Waals surface area contributed by atoms with Crippen molar-refractivity contribution >= 4 is 23.6 Å². The molecule has 3 rings (SSSR count). The van der Waals surface area contributed by atoms with Gasteiger partial charge < -0.3 is 10.2 Å². The largest absolute Gasteiger partial charge is 0.354 e. The Labute approximate surface area is 140 Å². The SMILES string of the molecule is CN1CC[C@@H](CNC(=O)CN2CSCC2=O)[C@@H]1c1cccnc1. The van der Waals surface area contributed by atoms with Crippen molar-refractivity contribution in [3.05, 3.63) is 30.1 Å². The summed E-state index contributed by atoms with van der Waals surface area (Å²) in [7, 11) is 2.11. The molecule has 1 N–H and O–H groups in total. The maximum atomic E-state index is 12.1. The Kier molecular flexibility index (Phi) is 5.17. The minimum atomic E-state index is -0.0691. The highest BCUT2D eigenvalue weighted by molar-refractivity contribution is 8.00. The summed E-state index contributed by atoms with van der Waals surface area (Å²) < 4.78 is 0. The molecule has 1 aromatic heterocycles. The smallest absolute Gasteiger partial charge is 0.239 e. The molecule has 3 heterocycles. The number of nitrogens with one attached hydrogen (secondary N) is 1. The summed E-state index contributed by atoms with van der Waals surface area (Å²) in [5.74, 6) is 1.47. The second kappa shape index (κ2) is 7.31. The van der Waals surface area contributed by atoms with Gasteiger partial charge in [-0.25, -0.2) is 0 Å². The van der Waals surface area contributed by atoms with Gasteiger partial charge in [0.15, 0.2) is 0 Å². The van der Waals surface area contributed by atoms with E-state index in [2.05, 4.69) is 28.3 Å². The highest BCUT2D eigenvalue weighted by Crippen LogP contribution is 2.35. The Balaban J connectivity index is 1.54. The van der Waals surface area contributed by atoms with E-state index in [1.807, 2.05) is 12.3 Å². The summed E-state index contributed by atoms with van der Waals surface area (Å²) >= 11 is 1.56. The molecule has 0 aliphatic carbocycles. The van der Waals surface area contributed by atoms with Gasteiger partial charge in [-0.2, -0.15) is 0 Å². The lowest BCUT2D eigenvalue weighted by Crippen LogP contribution is -2.40. The highest BCUT2D eigenvalue weighted by Gasteiger charge is 2.33. The van der Waals surface area contributed by atoms with Gasteiger partial charge in [-0.1, -0.05) is 6.07 Å². The fraction of sp³-hybridized carbons (Fsp3) is 0.562. The number of amides is 2. The van der Waals surface area contributed by atoms with Crippen molar-refractivity contribution in [2.24, 2.45) is 5.92 Å². The van der Waals surface area contributed by atoms with E-state index in [1.54, 1.807) is 22.9 Å². The Bertz CT molecular complexity index is 568. The van der Waals surface area contributed by atoms with Crippen LogP contribution < -0.4 is 5.32 Å². The molecule has 0 bridgehead atoms. The predicted molar refractivity (Wildman–Crippen MR) is 89.8 cm³/mol. The summed E-state index contributed by atoms with van der Waals surface area (Å²) in [5.41, 5.74) is 1.19. The first-order valence-electron chi connectivity index (χ1n) is 7.87. The van der Waals surface area contributed by atoms with E-state index in [0.29, 0.717) is 24.1 Å². The van der Waals surface area contributed by atoms with Crippen LogP contribution >= 0.6 is 11.8 Å². The molecule has 2 amide bonds. The molecule has 1 aromatic rings. The number of nitrogens with zero attached hydrogens (tertiary/aromatic N) is 3. The highest BCUT2D eigenvalue weighted by atomic mass is 32.2. The first-order valence-corrected chi connectivity index (χ1v) is 9.03. The lowest BCUT2D eigenvalue weighted by Gasteiger charge is -2.25. The van der Waals surface area contributed by atoms with Crippen molar-refractivity contribution < 1.29 is 9.59 Å². The molecule has 124 valence electrons. The molecule has 0 unspecified atom stereocenters. The zero-order chi connectivity index (χ0) is 16.2. The molecule has 2 aliphatic rings. The first-order chi connectivity index (χ1) is 11.1. The van der Waals surface area contributed by atoms with Crippen LogP contribution in [0.4, 0.5) is 0 Å². The number of hydrogen-bond acceptors (Lipinski definition) is 5. The predicted octanol–water partition coefficient (Wildman–Crippen LogP) is 0.724. The van der Waals surface area contributed by atoms with Gasteiger partial charge >= 0.3 is 0 Å². The van der Waals surface area contributed by atoms with Crippen LogP contribution in [0.25, 0.3) is 0 Å². The summed E-state index contributed by atoms with van der Waals surface area (Å²) in [5, 5.41) is 3.00. The van der Waals surface area contributed by atoms with Crippen LogP contribution in [0.3, 0.4) is 0 Å². The molecule has 0 saturated carbocycles. The topological polar surface area (TPSA) is 65.5 Å². The minimum Gasteiger partial charge on any atom is -0.354 e. The quantitative estimate of drug-likeness (QED) is 0.860. The van der Waals surface area contributed by atoms with Gasteiger partial charge in [0.05, 0.1) is 11.6 Å². The van der Waals surface area contributed by atoms with E-state index in [1.165, 1.54) is 5.56 Å². The lowest BCUT2D eigenvalue weighted by molar-refractivity contribution is -0.132. The molecule has 2 fully saturated rings. The van der Waals surface area contributed by atoms with Gasteiger partial charge in [0, 0.05) is 25.0 Å². The number of likely N-dealkylation sites (tertiary alicyclic amines) is 1. The number of rotatable bonds is 5. The van der Waals surface area contributed by atoms with Crippen molar-refractivity contribution in [2.75, 3.05) is 38.3 Å². The van der Waals surface area contributed by atoms with Gasteiger partial charge in [0.2, 0.25) is 11.8 Å². The van der Waals surface area contributed by atoms with Crippen molar-refractivity contribution in [3.8, 4) is 0 Å². The average Bonchev–Trinajstić information content (AvgIpc) is 3.12. The van der Waals surface area contributed by atoms with Crippen LogP contribution in [-0.4, -0.2) is 64.9 Å². The van der Waals surface area contributed by atoms with Crippen LogP contribution in [0.1, 0.15) is 18.0 Å². The number of thioether (sulfide) groups is 1. The van der Waals surface area contributed by atoms with E-state index < -0.39 is 0 Å². The van der Waals surface area contributed by atoms with E-state index in [-0.39, 0.29) is 24.4 Å². The number of aromatic nitrogens is 1. The normalized spacial score (nSPS) is 25.1. The molecule has 6 nitrogen and oxygen atoms in total. The molecule has 0 spiro atoms. The molecule has 0 aromatic carbocycles. The Hall–Kier alpha value is -1.60. The second-order valence-corrected chi connectivity index (χ2v) is 7.09. The molecule has 23 heavy (non-hydrogen) atoms. The van der Waals surface area contributed by atoms with Crippen LogP contribution in [0.5, 0.6) is 0 Å². The van der Waals surface area contributed by atoms with Gasteiger partial charge in [-0.3, -0.25) is 19.5 Å². The van der Waals surface area contributed by atoms with E-state index in [4.69, 9.17) is 0 Å². The molecule has 0 radical (unpaired) electrons. The van der Waals surface area contributed by atoms with Crippen LogP contribution in [0.15, 0.2) is 24.5 Å². The van der Waals surface area contributed by atoms with E-state index >= 15 is 0 Å². The van der Waals surface area contributed by atoms with E-state index in [9.17, 15) is 9.59 Å². The lowest BCUT2D eigenvalue weighted by atomic mass is 9.95. The molecule has 7 heteroatoms. The Morgan fingerprint density at radius 1 is 1.52 bits per heavy atom. The van der Waals surface area contributed by atoms with Crippen molar-refractivity contribution in [1.82, 2.24) is 20.1 Å². The summed E-state index contributed by atoms with van der Waals surface area (Å²) in [6.07, 6.45) is 4.73. The zero-order valence-electron chi connectivity index (χ0n) is 13.3. The third-order valence-electron chi connectivity index (χ3n) is 4.52. The fourth-order valence-electron chi connectivity index (χ4n) is 3.33. The van der Waals surface area contributed by atoms with Gasteiger partial charge in [0.1, 0.15) is 6.54 Å². The van der Waals surface area contributed by atoms with Gasteiger partial charge in [0.25, 0.3) is 0 Å². The minimum absolute atomic E-state index is 0.0546.